The van der Waals surface area contributed by atoms with Crippen LogP contribution < -0.4 is 5.32 Å². The fourth-order valence-electron chi connectivity index (χ4n) is 1.94. The highest BCUT2D eigenvalue weighted by atomic mass is 79.9. The van der Waals surface area contributed by atoms with E-state index in [1.807, 2.05) is 18.2 Å². The van der Waals surface area contributed by atoms with Crippen molar-refractivity contribution >= 4 is 27.5 Å². The molecule has 0 bridgehead atoms. The summed E-state index contributed by atoms with van der Waals surface area (Å²) in [5.41, 5.74) is 3.46. The average Bonchev–Trinajstić information content (AvgIpc) is 2.41. The summed E-state index contributed by atoms with van der Waals surface area (Å²) in [5.74, 6) is 0. The minimum Gasteiger partial charge on any atom is -0.313 e. The molecule has 0 amide bonds. The Morgan fingerprint density at radius 2 is 1.89 bits per heavy atom. The zero-order valence-corrected chi connectivity index (χ0v) is 13.3. The number of benzene rings is 2. The third kappa shape index (κ3) is 4.07. The van der Waals surface area contributed by atoms with Crippen LogP contribution in [0.4, 0.5) is 0 Å². The van der Waals surface area contributed by atoms with Crippen LogP contribution in [-0.2, 0) is 6.54 Å². The van der Waals surface area contributed by atoms with E-state index in [4.69, 9.17) is 11.6 Å². The van der Waals surface area contributed by atoms with Crippen molar-refractivity contribution in [3.8, 4) is 11.1 Å². The van der Waals surface area contributed by atoms with Crippen molar-refractivity contribution < 1.29 is 0 Å². The lowest BCUT2D eigenvalue weighted by molar-refractivity contribution is 0.675. The fourth-order valence-corrected chi connectivity index (χ4v) is 2.58. The summed E-state index contributed by atoms with van der Waals surface area (Å²) in [6.07, 6.45) is 1.13. The number of halogens is 2. The molecule has 0 fully saturated rings. The molecule has 3 heteroatoms. The van der Waals surface area contributed by atoms with E-state index in [0.29, 0.717) is 0 Å². The van der Waals surface area contributed by atoms with Gasteiger partial charge in [-0.2, -0.15) is 0 Å². The van der Waals surface area contributed by atoms with Crippen molar-refractivity contribution in [1.29, 1.82) is 0 Å². The first-order valence-electron chi connectivity index (χ1n) is 6.46. The Labute approximate surface area is 128 Å². The third-order valence-electron chi connectivity index (χ3n) is 2.95. The summed E-state index contributed by atoms with van der Waals surface area (Å²) < 4.78 is 1.08. The van der Waals surface area contributed by atoms with Gasteiger partial charge in [0.05, 0.1) is 0 Å². The molecule has 100 valence electrons. The zero-order chi connectivity index (χ0) is 13.7. The van der Waals surface area contributed by atoms with E-state index in [2.05, 4.69) is 52.4 Å². The van der Waals surface area contributed by atoms with Crippen LogP contribution in [0.1, 0.15) is 18.9 Å². The summed E-state index contributed by atoms with van der Waals surface area (Å²) in [6, 6.07) is 14.5. The van der Waals surface area contributed by atoms with Gasteiger partial charge in [-0.1, -0.05) is 58.7 Å². The number of hydrogen-bond donors (Lipinski definition) is 1. The molecular formula is C16H17BrClN. The lowest BCUT2D eigenvalue weighted by Gasteiger charge is -2.08. The second-order valence-corrected chi connectivity index (χ2v) is 5.82. The molecule has 0 aromatic heterocycles. The fraction of sp³-hybridized carbons (Fsp3) is 0.250. The Balaban J connectivity index is 2.19. The van der Waals surface area contributed by atoms with Crippen LogP contribution in [0.2, 0.25) is 5.02 Å². The predicted octanol–water partition coefficient (Wildman–Crippen LogP) is 5.27. The number of nitrogens with one attached hydrogen (secondary N) is 1. The van der Waals surface area contributed by atoms with E-state index in [1.165, 1.54) is 5.56 Å². The largest absolute Gasteiger partial charge is 0.313 e. The molecule has 2 aromatic rings. The molecule has 0 aliphatic heterocycles. The first kappa shape index (κ1) is 14.6. The first-order valence-corrected chi connectivity index (χ1v) is 7.63. The molecule has 2 aromatic carbocycles. The van der Waals surface area contributed by atoms with Gasteiger partial charge < -0.3 is 5.32 Å². The Morgan fingerprint density at radius 3 is 2.58 bits per heavy atom. The lowest BCUT2D eigenvalue weighted by atomic mass is 10.0. The normalized spacial score (nSPS) is 10.7. The monoisotopic (exact) mass is 337 g/mol. The summed E-state index contributed by atoms with van der Waals surface area (Å²) in [6.45, 7) is 4.00. The van der Waals surface area contributed by atoms with Crippen LogP contribution in [0.3, 0.4) is 0 Å². The van der Waals surface area contributed by atoms with Gasteiger partial charge in [0.15, 0.2) is 0 Å². The summed E-state index contributed by atoms with van der Waals surface area (Å²) >= 11 is 9.84. The molecule has 1 nitrogen and oxygen atoms in total. The van der Waals surface area contributed by atoms with Gasteiger partial charge in [0.25, 0.3) is 0 Å². The highest BCUT2D eigenvalue weighted by molar-refractivity contribution is 9.10. The van der Waals surface area contributed by atoms with Gasteiger partial charge in [0.1, 0.15) is 0 Å². The molecule has 0 unspecified atom stereocenters. The van der Waals surface area contributed by atoms with Crippen LogP contribution in [-0.4, -0.2) is 6.54 Å². The lowest BCUT2D eigenvalue weighted by Crippen LogP contribution is -2.13. The zero-order valence-electron chi connectivity index (χ0n) is 10.9. The van der Waals surface area contributed by atoms with E-state index >= 15 is 0 Å². The van der Waals surface area contributed by atoms with Gasteiger partial charge in [-0.15, -0.1) is 0 Å². The highest BCUT2D eigenvalue weighted by Gasteiger charge is 2.04. The molecule has 0 aliphatic carbocycles. The van der Waals surface area contributed by atoms with Gasteiger partial charge in [0, 0.05) is 16.0 Å². The van der Waals surface area contributed by atoms with E-state index in [9.17, 15) is 0 Å². The Bertz CT molecular complexity index is 554. The van der Waals surface area contributed by atoms with Crippen molar-refractivity contribution in [3.63, 3.8) is 0 Å². The maximum Gasteiger partial charge on any atom is 0.0457 e. The molecule has 0 saturated carbocycles. The highest BCUT2D eigenvalue weighted by Crippen LogP contribution is 2.27. The minimum absolute atomic E-state index is 0.820. The first-order chi connectivity index (χ1) is 9.20. The summed E-state index contributed by atoms with van der Waals surface area (Å²) in [5, 5.41) is 4.19. The van der Waals surface area contributed by atoms with Crippen LogP contribution in [0.5, 0.6) is 0 Å². The molecule has 0 radical (unpaired) electrons. The van der Waals surface area contributed by atoms with Crippen molar-refractivity contribution in [2.24, 2.45) is 0 Å². The van der Waals surface area contributed by atoms with Gasteiger partial charge in [0.2, 0.25) is 0 Å². The maximum atomic E-state index is 6.35. The SMILES string of the molecule is CCCNCc1ccc(-c2cccc(Br)c2)cc1Cl. The number of rotatable bonds is 5. The van der Waals surface area contributed by atoms with Crippen LogP contribution in [0.25, 0.3) is 11.1 Å². The van der Waals surface area contributed by atoms with Crippen molar-refractivity contribution in [3.05, 3.63) is 57.5 Å². The van der Waals surface area contributed by atoms with Crippen LogP contribution in [0, 0.1) is 0 Å². The van der Waals surface area contributed by atoms with Crippen molar-refractivity contribution in [1.82, 2.24) is 5.32 Å². The van der Waals surface area contributed by atoms with E-state index in [1.54, 1.807) is 0 Å². The molecule has 0 heterocycles. The number of hydrogen-bond acceptors (Lipinski definition) is 1. The molecule has 0 atom stereocenters. The molecule has 0 spiro atoms. The molecule has 1 N–H and O–H groups in total. The quantitative estimate of drug-likeness (QED) is 0.732. The van der Waals surface area contributed by atoms with Gasteiger partial charge >= 0.3 is 0 Å². The van der Waals surface area contributed by atoms with Gasteiger partial charge in [-0.3, -0.25) is 0 Å². The summed E-state index contributed by atoms with van der Waals surface area (Å²) in [7, 11) is 0. The third-order valence-corrected chi connectivity index (χ3v) is 3.80. The summed E-state index contributed by atoms with van der Waals surface area (Å²) in [4.78, 5) is 0. The van der Waals surface area contributed by atoms with E-state index in [0.717, 1.165) is 40.1 Å². The van der Waals surface area contributed by atoms with Gasteiger partial charge in [-0.25, -0.2) is 0 Å². The van der Waals surface area contributed by atoms with E-state index in [-0.39, 0.29) is 0 Å². The molecule has 0 saturated heterocycles. The minimum atomic E-state index is 0.820. The Morgan fingerprint density at radius 1 is 1.11 bits per heavy atom. The molecular weight excluding hydrogens is 322 g/mol. The molecule has 0 aliphatic rings. The average molecular weight is 339 g/mol. The predicted molar refractivity (Wildman–Crippen MR) is 86.6 cm³/mol. The second-order valence-electron chi connectivity index (χ2n) is 4.49. The maximum absolute atomic E-state index is 6.35. The second kappa shape index (κ2) is 7.09. The van der Waals surface area contributed by atoms with Crippen molar-refractivity contribution in [2.75, 3.05) is 6.54 Å². The van der Waals surface area contributed by atoms with E-state index < -0.39 is 0 Å². The topological polar surface area (TPSA) is 12.0 Å². The van der Waals surface area contributed by atoms with Crippen LogP contribution >= 0.6 is 27.5 Å². The molecule has 19 heavy (non-hydrogen) atoms. The van der Waals surface area contributed by atoms with Gasteiger partial charge in [-0.05, 0) is 47.9 Å². The Hall–Kier alpha value is -0.830. The van der Waals surface area contributed by atoms with Crippen molar-refractivity contribution in [2.45, 2.75) is 19.9 Å². The Kier molecular flexibility index (Phi) is 5.44. The van der Waals surface area contributed by atoms with Crippen LogP contribution in [0.15, 0.2) is 46.9 Å². The molecule has 2 rings (SSSR count). The smallest absolute Gasteiger partial charge is 0.0457 e. The standard InChI is InChI=1S/C16H17BrClN/c1-2-8-19-11-14-7-6-13(10-16(14)18)12-4-3-5-15(17)9-12/h3-7,9-10,19H,2,8,11H2,1H3.